The molecule has 0 heterocycles. The fourth-order valence-corrected chi connectivity index (χ4v) is 3.63. The number of aryl methyl sites for hydroxylation is 1. The summed E-state index contributed by atoms with van der Waals surface area (Å²) in [6, 6.07) is 19.4. The molecule has 0 aliphatic heterocycles. The van der Waals surface area contributed by atoms with Crippen molar-refractivity contribution in [3.63, 3.8) is 0 Å². The Morgan fingerprint density at radius 1 is 0.962 bits per heavy atom. The van der Waals surface area contributed by atoms with Gasteiger partial charge in [0.25, 0.3) is 0 Å². The van der Waals surface area contributed by atoms with Gasteiger partial charge in [-0.3, -0.25) is 0 Å². The zero-order valence-corrected chi connectivity index (χ0v) is 16.2. The summed E-state index contributed by atoms with van der Waals surface area (Å²) in [6.45, 7) is 6.70. The first-order valence-corrected chi connectivity index (χ1v) is 9.72. The van der Waals surface area contributed by atoms with Crippen LogP contribution in [0.3, 0.4) is 0 Å². The van der Waals surface area contributed by atoms with Gasteiger partial charge in [-0.25, -0.2) is 0 Å². The molecule has 0 radical (unpaired) electrons. The van der Waals surface area contributed by atoms with Gasteiger partial charge in [0.05, 0.1) is 5.41 Å². The van der Waals surface area contributed by atoms with E-state index in [0.29, 0.717) is 0 Å². The van der Waals surface area contributed by atoms with Crippen LogP contribution in [0.4, 0.5) is 0 Å². The van der Waals surface area contributed by atoms with Crippen LogP contribution in [0.25, 0.3) is 5.57 Å². The first-order valence-electron chi connectivity index (χ1n) is 9.72. The Morgan fingerprint density at radius 2 is 1.69 bits per heavy atom. The Bertz CT molecular complexity index is 854. The zero-order valence-electron chi connectivity index (χ0n) is 16.2. The minimum Gasteiger partial charge on any atom is -0.0866 e. The van der Waals surface area contributed by atoms with Crippen LogP contribution in [0.2, 0.25) is 0 Å². The molecule has 1 unspecified atom stereocenters. The average Bonchev–Trinajstić information content (AvgIpc) is 2.68. The van der Waals surface area contributed by atoms with E-state index in [4.69, 9.17) is 0 Å². The molecule has 0 fully saturated rings. The fourth-order valence-electron chi connectivity index (χ4n) is 3.63. The quantitative estimate of drug-likeness (QED) is 0.536. The Kier molecular flexibility index (Phi) is 5.79. The monoisotopic (exact) mass is 340 g/mol. The van der Waals surface area contributed by atoms with Crippen molar-refractivity contribution in [3.05, 3.63) is 89.0 Å². The summed E-state index contributed by atoms with van der Waals surface area (Å²) in [5, 5.41) is 0. The molecule has 132 valence electrons. The second kappa shape index (κ2) is 8.24. The van der Waals surface area contributed by atoms with Crippen LogP contribution in [-0.4, -0.2) is 0 Å². The zero-order chi connectivity index (χ0) is 18.4. The van der Waals surface area contributed by atoms with Crippen LogP contribution in [0, 0.1) is 17.3 Å². The lowest BCUT2D eigenvalue weighted by atomic mass is 9.74. The van der Waals surface area contributed by atoms with Gasteiger partial charge in [-0.1, -0.05) is 92.3 Å². The highest BCUT2D eigenvalue weighted by Crippen LogP contribution is 2.39. The van der Waals surface area contributed by atoms with Crippen LogP contribution >= 0.6 is 0 Å². The van der Waals surface area contributed by atoms with Crippen molar-refractivity contribution in [3.8, 4) is 11.8 Å². The number of rotatable bonds is 4. The average molecular weight is 341 g/mol. The molecule has 1 aliphatic rings. The van der Waals surface area contributed by atoms with Crippen LogP contribution in [0.1, 0.15) is 56.7 Å². The summed E-state index contributed by atoms with van der Waals surface area (Å²) >= 11 is 0. The molecule has 0 saturated heterocycles. The molecule has 0 nitrogen and oxygen atoms in total. The Balaban J connectivity index is 1.82. The molecular weight excluding hydrogens is 312 g/mol. The molecule has 0 spiro atoms. The van der Waals surface area contributed by atoms with E-state index in [0.717, 1.165) is 24.8 Å². The van der Waals surface area contributed by atoms with Crippen molar-refractivity contribution in [2.75, 3.05) is 0 Å². The molecule has 0 amide bonds. The lowest BCUT2D eigenvalue weighted by Crippen LogP contribution is -2.18. The van der Waals surface area contributed by atoms with Crippen LogP contribution in [0.5, 0.6) is 0 Å². The van der Waals surface area contributed by atoms with Gasteiger partial charge in [-0.2, -0.15) is 0 Å². The molecule has 2 aromatic carbocycles. The Morgan fingerprint density at radius 3 is 2.31 bits per heavy atom. The predicted octanol–water partition coefficient (Wildman–Crippen LogP) is 6.82. The maximum Gasteiger partial charge on any atom is 0.0535 e. The van der Waals surface area contributed by atoms with Crippen molar-refractivity contribution >= 4 is 5.57 Å². The second-order valence-electron chi connectivity index (χ2n) is 7.28. The maximum absolute atomic E-state index is 3.58. The summed E-state index contributed by atoms with van der Waals surface area (Å²) < 4.78 is 0. The molecule has 0 heteroatoms. The molecule has 0 bridgehead atoms. The summed E-state index contributed by atoms with van der Waals surface area (Å²) in [7, 11) is 0. The maximum atomic E-state index is 3.58. The molecule has 1 atom stereocenters. The van der Waals surface area contributed by atoms with Crippen molar-refractivity contribution < 1.29 is 0 Å². The third-order valence-electron chi connectivity index (χ3n) is 5.27. The molecule has 0 aromatic heterocycles. The van der Waals surface area contributed by atoms with Gasteiger partial charge in [0, 0.05) is 5.56 Å². The number of allylic oxidation sites excluding steroid dienone is 4. The van der Waals surface area contributed by atoms with Crippen molar-refractivity contribution in [2.45, 2.75) is 46.5 Å². The van der Waals surface area contributed by atoms with E-state index in [1.807, 2.05) is 0 Å². The van der Waals surface area contributed by atoms with Crippen molar-refractivity contribution in [1.29, 1.82) is 0 Å². The second-order valence-corrected chi connectivity index (χ2v) is 7.28. The highest BCUT2D eigenvalue weighted by Gasteiger charge is 2.27. The van der Waals surface area contributed by atoms with Crippen molar-refractivity contribution in [1.82, 2.24) is 0 Å². The van der Waals surface area contributed by atoms with Crippen LogP contribution in [0.15, 0.2) is 72.3 Å². The van der Waals surface area contributed by atoms with Gasteiger partial charge in [0.1, 0.15) is 0 Å². The predicted molar refractivity (Wildman–Crippen MR) is 113 cm³/mol. The third kappa shape index (κ3) is 4.17. The number of benzene rings is 2. The van der Waals surface area contributed by atoms with Gasteiger partial charge in [0.2, 0.25) is 0 Å². The summed E-state index contributed by atoms with van der Waals surface area (Å²) in [5.41, 5.74) is 6.53. The third-order valence-corrected chi connectivity index (χ3v) is 5.27. The fraction of sp³-hybridized carbons (Fsp3) is 0.308. The first kappa shape index (κ1) is 18.3. The number of hydrogen-bond donors (Lipinski definition) is 0. The standard InChI is InChI=1S/C26H28/c1-4-9-22-12-14-23(15-13-22)16-18-26(5-2)19-17-25(21(3)20-26)24-10-7-6-8-11-24/h6-8,10-15,17,19H,4-5,9,20H2,1-3H3. The van der Waals surface area contributed by atoms with E-state index < -0.39 is 0 Å². The van der Waals surface area contributed by atoms with E-state index >= 15 is 0 Å². The normalized spacial score (nSPS) is 19.2. The molecule has 3 rings (SSSR count). The van der Waals surface area contributed by atoms with Gasteiger partial charge in [0.15, 0.2) is 0 Å². The van der Waals surface area contributed by atoms with E-state index in [2.05, 4.69) is 99.4 Å². The minimum absolute atomic E-state index is 0.0511. The van der Waals surface area contributed by atoms with E-state index in [9.17, 15) is 0 Å². The van der Waals surface area contributed by atoms with Gasteiger partial charge in [-0.15, -0.1) is 0 Å². The lowest BCUT2D eigenvalue weighted by molar-refractivity contribution is 0.486. The van der Waals surface area contributed by atoms with Crippen molar-refractivity contribution in [2.24, 2.45) is 5.41 Å². The van der Waals surface area contributed by atoms with Gasteiger partial charge < -0.3 is 0 Å². The van der Waals surface area contributed by atoms with Gasteiger partial charge in [-0.05, 0) is 55.0 Å². The number of hydrogen-bond acceptors (Lipinski definition) is 0. The minimum atomic E-state index is -0.0511. The highest BCUT2D eigenvalue weighted by atomic mass is 14.3. The molecule has 0 saturated carbocycles. The molecule has 1 aliphatic carbocycles. The Hall–Kier alpha value is -2.52. The highest BCUT2D eigenvalue weighted by molar-refractivity contribution is 5.78. The lowest BCUT2D eigenvalue weighted by Gasteiger charge is -2.29. The largest absolute Gasteiger partial charge is 0.0866 e. The summed E-state index contributed by atoms with van der Waals surface area (Å²) in [6.07, 6.45) is 8.96. The first-order chi connectivity index (χ1) is 12.7. The van der Waals surface area contributed by atoms with E-state index in [1.54, 1.807) is 0 Å². The summed E-state index contributed by atoms with van der Waals surface area (Å²) in [5.74, 6) is 7.01. The Labute approximate surface area is 158 Å². The van der Waals surface area contributed by atoms with Crippen LogP contribution in [-0.2, 0) is 6.42 Å². The van der Waals surface area contributed by atoms with Crippen LogP contribution < -0.4 is 0 Å². The molecule has 2 aromatic rings. The van der Waals surface area contributed by atoms with E-state index in [-0.39, 0.29) is 5.41 Å². The summed E-state index contributed by atoms with van der Waals surface area (Å²) in [4.78, 5) is 0. The van der Waals surface area contributed by atoms with E-state index in [1.165, 1.54) is 28.7 Å². The molecular formula is C26H28. The smallest absolute Gasteiger partial charge is 0.0535 e. The van der Waals surface area contributed by atoms with Gasteiger partial charge >= 0.3 is 0 Å². The molecule has 0 N–H and O–H groups in total. The topological polar surface area (TPSA) is 0 Å². The SMILES string of the molecule is CCCc1ccc(C#CC2(CC)C=CC(c3ccccc3)=C(C)C2)cc1. The molecule has 26 heavy (non-hydrogen) atoms.